The molecule has 3 N–H and O–H groups in total. The van der Waals surface area contributed by atoms with Gasteiger partial charge in [-0.3, -0.25) is 10.1 Å². The van der Waals surface area contributed by atoms with Gasteiger partial charge in [0.1, 0.15) is 11.9 Å². The van der Waals surface area contributed by atoms with Gasteiger partial charge < -0.3 is 15.7 Å². The lowest BCUT2D eigenvalue weighted by molar-refractivity contribution is -0.385. The van der Waals surface area contributed by atoms with Crippen LogP contribution in [-0.2, 0) is 0 Å². The molecular weight excluding hydrogens is 346 g/mol. The summed E-state index contributed by atoms with van der Waals surface area (Å²) in [6.45, 7) is 0. The summed E-state index contributed by atoms with van der Waals surface area (Å²) < 4.78 is 6.12. The highest BCUT2D eigenvalue weighted by Gasteiger charge is 2.19. The highest BCUT2D eigenvalue weighted by atomic mass is 16.6. The van der Waals surface area contributed by atoms with Crippen LogP contribution in [0.15, 0.2) is 84.0 Å². The first-order valence-electron chi connectivity index (χ1n) is 8.12. The Hall–Kier alpha value is -3.87. The standard InChI is InChI=1S/C20H17N3O4/c21-20(22-24)16-11-17(23(25)26)13-18(12-16)27-19(14-7-3-1-4-8-14)15-9-5-2-6-10-15/h1-13,19,24H,(H2,21,22). The molecule has 0 radical (unpaired) electrons. The van der Waals surface area contributed by atoms with E-state index in [0.717, 1.165) is 11.1 Å². The Morgan fingerprint density at radius 1 is 1.00 bits per heavy atom. The van der Waals surface area contributed by atoms with Gasteiger partial charge in [-0.05, 0) is 17.2 Å². The van der Waals surface area contributed by atoms with Crippen LogP contribution in [0, 0.1) is 10.1 Å². The molecule has 0 bridgehead atoms. The second kappa shape index (κ2) is 8.01. The maximum absolute atomic E-state index is 11.2. The fourth-order valence-electron chi connectivity index (χ4n) is 2.68. The predicted molar refractivity (Wildman–Crippen MR) is 101 cm³/mol. The molecule has 0 saturated heterocycles. The molecule has 0 spiro atoms. The Bertz CT molecular complexity index is 920. The van der Waals surface area contributed by atoms with Crippen molar-refractivity contribution in [3.63, 3.8) is 0 Å². The van der Waals surface area contributed by atoms with Gasteiger partial charge in [-0.25, -0.2) is 0 Å². The maximum Gasteiger partial charge on any atom is 0.273 e. The number of hydrogen-bond donors (Lipinski definition) is 2. The van der Waals surface area contributed by atoms with Gasteiger partial charge in [0.15, 0.2) is 5.84 Å². The second-order valence-electron chi connectivity index (χ2n) is 5.78. The first-order valence-corrected chi connectivity index (χ1v) is 8.12. The Balaban J connectivity index is 2.06. The minimum absolute atomic E-state index is 0.196. The number of hydrogen-bond acceptors (Lipinski definition) is 5. The highest BCUT2D eigenvalue weighted by Crippen LogP contribution is 2.31. The summed E-state index contributed by atoms with van der Waals surface area (Å²) in [5.41, 5.74) is 7.37. The number of nitrogens with two attached hydrogens (primary N) is 1. The topological polar surface area (TPSA) is 111 Å². The van der Waals surface area contributed by atoms with Crippen molar-refractivity contribution in [1.29, 1.82) is 0 Å². The van der Waals surface area contributed by atoms with Gasteiger partial charge in [-0.2, -0.15) is 0 Å². The molecule has 0 amide bonds. The molecule has 0 unspecified atom stereocenters. The third-order valence-electron chi connectivity index (χ3n) is 3.96. The molecule has 7 nitrogen and oxygen atoms in total. The van der Waals surface area contributed by atoms with E-state index in [1.807, 2.05) is 60.7 Å². The van der Waals surface area contributed by atoms with Gasteiger partial charge in [-0.1, -0.05) is 65.8 Å². The van der Waals surface area contributed by atoms with Crippen LogP contribution in [0.4, 0.5) is 5.69 Å². The molecule has 0 fully saturated rings. The zero-order valence-electron chi connectivity index (χ0n) is 14.2. The number of oxime groups is 1. The molecule has 0 aliphatic heterocycles. The minimum Gasteiger partial charge on any atom is -0.481 e. The van der Waals surface area contributed by atoms with Crippen LogP contribution in [0.2, 0.25) is 0 Å². The number of ether oxygens (including phenoxy) is 1. The SMILES string of the molecule is N/C(=N\O)c1cc(OC(c2ccccc2)c2ccccc2)cc([N+](=O)[O-])c1. The molecular formula is C20H17N3O4. The fraction of sp³-hybridized carbons (Fsp3) is 0.0500. The van der Waals surface area contributed by atoms with Crippen molar-refractivity contribution in [2.75, 3.05) is 0 Å². The second-order valence-corrected chi connectivity index (χ2v) is 5.78. The van der Waals surface area contributed by atoms with Gasteiger partial charge in [0.25, 0.3) is 5.69 Å². The lowest BCUT2D eigenvalue weighted by atomic mass is 10.0. The van der Waals surface area contributed by atoms with Gasteiger partial charge >= 0.3 is 0 Å². The van der Waals surface area contributed by atoms with E-state index in [9.17, 15) is 10.1 Å². The van der Waals surface area contributed by atoms with Crippen LogP contribution in [0.3, 0.4) is 0 Å². The third-order valence-corrected chi connectivity index (χ3v) is 3.96. The summed E-state index contributed by atoms with van der Waals surface area (Å²) in [6, 6.07) is 23.1. The highest BCUT2D eigenvalue weighted by molar-refractivity contribution is 5.98. The van der Waals surface area contributed by atoms with E-state index < -0.39 is 11.0 Å². The average molecular weight is 363 g/mol. The molecule has 0 aliphatic rings. The van der Waals surface area contributed by atoms with Crippen LogP contribution in [0.1, 0.15) is 22.8 Å². The van der Waals surface area contributed by atoms with Crippen LogP contribution < -0.4 is 10.5 Å². The summed E-state index contributed by atoms with van der Waals surface area (Å²) in [5, 5.41) is 23.1. The Kier molecular flexibility index (Phi) is 5.32. The minimum atomic E-state index is -0.555. The Morgan fingerprint density at radius 2 is 1.56 bits per heavy atom. The molecule has 3 aromatic carbocycles. The van der Waals surface area contributed by atoms with E-state index in [-0.39, 0.29) is 22.8 Å². The summed E-state index contributed by atoms with van der Waals surface area (Å²) in [7, 11) is 0. The van der Waals surface area contributed by atoms with E-state index in [2.05, 4.69) is 5.16 Å². The van der Waals surface area contributed by atoms with E-state index in [1.165, 1.54) is 18.2 Å². The molecule has 0 atom stereocenters. The number of rotatable bonds is 6. The number of nitrogens with zero attached hydrogens (tertiary/aromatic N) is 2. The van der Waals surface area contributed by atoms with Gasteiger partial charge in [0.05, 0.1) is 11.0 Å². The zero-order chi connectivity index (χ0) is 19.2. The summed E-state index contributed by atoms with van der Waals surface area (Å²) in [5.74, 6) is 0.00280. The molecule has 27 heavy (non-hydrogen) atoms. The van der Waals surface area contributed by atoms with Crippen molar-refractivity contribution in [2.45, 2.75) is 6.10 Å². The predicted octanol–water partition coefficient (Wildman–Crippen LogP) is 3.86. The van der Waals surface area contributed by atoms with Crippen molar-refractivity contribution >= 4 is 11.5 Å². The molecule has 0 saturated carbocycles. The van der Waals surface area contributed by atoms with Gasteiger partial charge in [0, 0.05) is 11.6 Å². The van der Waals surface area contributed by atoms with Crippen molar-refractivity contribution in [3.05, 3.63) is 106 Å². The molecule has 3 rings (SSSR count). The van der Waals surface area contributed by atoms with Crippen LogP contribution in [-0.4, -0.2) is 16.0 Å². The largest absolute Gasteiger partial charge is 0.481 e. The van der Waals surface area contributed by atoms with Crippen molar-refractivity contribution < 1.29 is 14.9 Å². The molecule has 0 heterocycles. The van der Waals surface area contributed by atoms with Gasteiger partial charge in [0.2, 0.25) is 0 Å². The van der Waals surface area contributed by atoms with Gasteiger partial charge in [-0.15, -0.1) is 0 Å². The molecule has 136 valence electrons. The monoisotopic (exact) mass is 363 g/mol. The first-order chi connectivity index (χ1) is 13.1. The van der Waals surface area contributed by atoms with Crippen molar-refractivity contribution in [2.24, 2.45) is 10.9 Å². The van der Waals surface area contributed by atoms with Crippen molar-refractivity contribution in [1.82, 2.24) is 0 Å². The normalized spacial score (nSPS) is 11.4. The molecule has 3 aromatic rings. The number of amidine groups is 1. The third kappa shape index (κ3) is 4.21. The quantitative estimate of drug-likeness (QED) is 0.227. The Labute approximate surface area is 155 Å². The zero-order valence-corrected chi connectivity index (χ0v) is 14.2. The lowest BCUT2D eigenvalue weighted by Gasteiger charge is -2.20. The molecule has 0 aromatic heterocycles. The maximum atomic E-state index is 11.2. The summed E-state index contributed by atoms with van der Waals surface area (Å²) >= 11 is 0. The van der Waals surface area contributed by atoms with E-state index in [4.69, 9.17) is 15.7 Å². The van der Waals surface area contributed by atoms with Crippen LogP contribution >= 0.6 is 0 Å². The number of nitro groups is 1. The molecule has 7 heteroatoms. The molecule has 0 aliphatic carbocycles. The number of nitro benzene ring substituents is 1. The van der Waals surface area contributed by atoms with E-state index >= 15 is 0 Å². The lowest BCUT2D eigenvalue weighted by Crippen LogP contribution is -2.14. The number of non-ortho nitro benzene ring substituents is 1. The van der Waals surface area contributed by atoms with Crippen LogP contribution in [0.5, 0.6) is 5.75 Å². The first kappa shape index (κ1) is 17.9. The van der Waals surface area contributed by atoms with E-state index in [1.54, 1.807) is 0 Å². The van der Waals surface area contributed by atoms with Crippen molar-refractivity contribution in [3.8, 4) is 5.75 Å². The summed E-state index contributed by atoms with van der Waals surface area (Å²) in [6.07, 6.45) is -0.477. The number of benzene rings is 3. The summed E-state index contributed by atoms with van der Waals surface area (Å²) in [4.78, 5) is 10.7. The Morgan fingerprint density at radius 3 is 2.04 bits per heavy atom. The van der Waals surface area contributed by atoms with E-state index in [0.29, 0.717) is 0 Å². The average Bonchev–Trinajstić information content (AvgIpc) is 2.72. The fourth-order valence-corrected chi connectivity index (χ4v) is 2.68. The van der Waals surface area contributed by atoms with Crippen LogP contribution in [0.25, 0.3) is 0 Å². The smallest absolute Gasteiger partial charge is 0.273 e.